The zero-order valence-electron chi connectivity index (χ0n) is 15.2. The van der Waals surface area contributed by atoms with Crippen molar-refractivity contribution < 1.29 is 5.11 Å². The average molecular weight is 311 g/mol. The van der Waals surface area contributed by atoms with E-state index in [0.29, 0.717) is 0 Å². The molecule has 23 heavy (non-hydrogen) atoms. The zero-order valence-corrected chi connectivity index (χ0v) is 15.2. The van der Waals surface area contributed by atoms with E-state index in [1.165, 1.54) is 5.56 Å². The van der Waals surface area contributed by atoms with E-state index in [4.69, 9.17) is 0 Å². The highest BCUT2D eigenvalue weighted by Crippen LogP contribution is 2.47. The van der Waals surface area contributed by atoms with E-state index in [1.807, 2.05) is 42.5 Å². The molecule has 0 radical (unpaired) electrons. The molecular formula is C21H29NO. The summed E-state index contributed by atoms with van der Waals surface area (Å²) in [6.45, 7) is 8.46. The first-order valence-corrected chi connectivity index (χ1v) is 8.23. The van der Waals surface area contributed by atoms with Gasteiger partial charge in [-0.2, -0.15) is 0 Å². The molecule has 0 fully saturated rings. The summed E-state index contributed by atoms with van der Waals surface area (Å²) in [5, 5.41) is 11.9. The SMILES string of the molecule is C[C@H](c1ccccc1[C@@](O)(c1ccccc1)C(C)(C)C)N(C)C. The largest absolute Gasteiger partial charge is 0.380 e. The van der Waals surface area contributed by atoms with Crippen LogP contribution in [0, 0.1) is 5.41 Å². The highest BCUT2D eigenvalue weighted by atomic mass is 16.3. The van der Waals surface area contributed by atoms with Gasteiger partial charge in [-0.3, -0.25) is 0 Å². The predicted molar refractivity (Wildman–Crippen MR) is 97.4 cm³/mol. The molecule has 2 nitrogen and oxygen atoms in total. The van der Waals surface area contributed by atoms with Crippen molar-refractivity contribution in [1.29, 1.82) is 0 Å². The van der Waals surface area contributed by atoms with Crippen LogP contribution in [-0.4, -0.2) is 24.1 Å². The van der Waals surface area contributed by atoms with Gasteiger partial charge in [0.05, 0.1) is 0 Å². The Morgan fingerprint density at radius 2 is 1.39 bits per heavy atom. The van der Waals surface area contributed by atoms with E-state index in [2.05, 4.69) is 58.8 Å². The molecule has 0 amide bonds. The maximum Gasteiger partial charge on any atom is 0.120 e. The van der Waals surface area contributed by atoms with Crippen molar-refractivity contribution in [2.45, 2.75) is 39.3 Å². The predicted octanol–water partition coefficient (Wildman–Crippen LogP) is 4.59. The minimum absolute atomic E-state index is 0.226. The van der Waals surface area contributed by atoms with E-state index in [9.17, 15) is 5.11 Å². The second-order valence-corrected chi connectivity index (χ2v) is 7.55. The second kappa shape index (κ2) is 6.46. The lowest BCUT2D eigenvalue weighted by Crippen LogP contribution is -2.42. The summed E-state index contributed by atoms with van der Waals surface area (Å²) in [4.78, 5) is 2.17. The minimum Gasteiger partial charge on any atom is -0.380 e. The summed E-state index contributed by atoms with van der Waals surface area (Å²) in [5.41, 5.74) is 1.70. The molecule has 0 aromatic heterocycles. The number of nitrogens with zero attached hydrogens (tertiary/aromatic N) is 1. The van der Waals surface area contributed by atoms with Crippen LogP contribution in [0.4, 0.5) is 0 Å². The van der Waals surface area contributed by atoms with Gasteiger partial charge in [-0.25, -0.2) is 0 Å². The maximum absolute atomic E-state index is 11.9. The van der Waals surface area contributed by atoms with Gasteiger partial charge in [0, 0.05) is 6.04 Å². The molecule has 2 rings (SSSR count). The van der Waals surface area contributed by atoms with Gasteiger partial charge in [0.15, 0.2) is 0 Å². The summed E-state index contributed by atoms with van der Waals surface area (Å²) in [6, 6.07) is 18.5. The molecule has 0 aliphatic heterocycles. The molecule has 0 unspecified atom stereocenters. The van der Waals surface area contributed by atoms with Crippen molar-refractivity contribution in [2.24, 2.45) is 5.41 Å². The number of benzene rings is 2. The van der Waals surface area contributed by atoms with Crippen molar-refractivity contribution in [2.75, 3.05) is 14.1 Å². The third kappa shape index (κ3) is 3.19. The fraction of sp³-hybridized carbons (Fsp3) is 0.429. The smallest absolute Gasteiger partial charge is 0.120 e. The third-order valence-corrected chi connectivity index (χ3v) is 4.85. The van der Waals surface area contributed by atoms with Crippen LogP contribution < -0.4 is 0 Å². The lowest BCUT2D eigenvalue weighted by Gasteiger charge is -2.43. The Bertz CT molecular complexity index is 642. The highest BCUT2D eigenvalue weighted by Gasteiger charge is 2.44. The monoisotopic (exact) mass is 311 g/mol. The molecule has 124 valence electrons. The van der Waals surface area contributed by atoms with Gasteiger partial charge >= 0.3 is 0 Å². The standard InChI is InChI=1S/C21H29NO/c1-16(22(5)6)18-14-10-11-15-19(18)21(23,20(2,3)4)17-12-8-7-9-13-17/h7-16,23H,1-6H3/t16-,21+/m1/s1. The normalized spacial score (nSPS) is 16.2. The van der Waals surface area contributed by atoms with Crippen LogP contribution in [0.25, 0.3) is 0 Å². The summed E-state index contributed by atoms with van der Waals surface area (Å²) in [6.07, 6.45) is 0. The topological polar surface area (TPSA) is 23.5 Å². The lowest BCUT2D eigenvalue weighted by molar-refractivity contribution is -0.0273. The van der Waals surface area contributed by atoms with E-state index in [1.54, 1.807) is 0 Å². The first kappa shape index (κ1) is 17.7. The van der Waals surface area contributed by atoms with Crippen molar-refractivity contribution in [1.82, 2.24) is 4.90 Å². The molecular weight excluding hydrogens is 282 g/mol. The summed E-state index contributed by atoms with van der Waals surface area (Å²) in [7, 11) is 4.14. The highest BCUT2D eigenvalue weighted by molar-refractivity contribution is 5.44. The van der Waals surface area contributed by atoms with Gasteiger partial charge in [0.25, 0.3) is 0 Å². The average Bonchev–Trinajstić information content (AvgIpc) is 2.53. The van der Waals surface area contributed by atoms with Gasteiger partial charge in [-0.15, -0.1) is 0 Å². The Morgan fingerprint density at radius 3 is 1.91 bits per heavy atom. The zero-order chi connectivity index (χ0) is 17.3. The Kier molecular flexibility index (Phi) is 4.98. The van der Waals surface area contributed by atoms with Crippen LogP contribution >= 0.6 is 0 Å². The molecule has 0 saturated carbocycles. The molecule has 2 atom stereocenters. The fourth-order valence-electron chi connectivity index (χ4n) is 3.14. The number of hydrogen-bond donors (Lipinski definition) is 1. The van der Waals surface area contributed by atoms with Gasteiger partial charge < -0.3 is 10.0 Å². The lowest BCUT2D eigenvalue weighted by atomic mass is 9.66. The maximum atomic E-state index is 11.9. The summed E-state index contributed by atoms with van der Waals surface area (Å²) in [5.74, 6) is 0. The van der Waals surface area contributed by atoms with Gasteiger partial charge in [-0.1, -0.05) is 75.4 Å². The molecule has 0 spiro atoms. The Balaban J connectivity index is 2.73. The molecule has 0 saturated heterocycles. The Labute approximate surface area is 140 Å². The summed E-state index contributed by atoms with van der Waals surface area (Å²) < 4.78 is 0. The van der Waals surface area contributed by atoms with Crippen LogP contribution in [0.2, 0.25) is 0 Å². The molecule has 2 heteroatoms. The summed E-state index contributed by atoms with van der Waals surface area (Å²) >= 11 is 0. The van der Waals surface area contributed by atoms with Gasteiger partial charge in [-0.05, 0) is 43.1 Å². The van der Waals surface area contributed by atoms with Crippen LogP contribution in [0.3, 0.4) is 0 Å². The van der Waals surface area contributed by atoms with E-state index >= 15 is 0 Å². The molecule has 0 aliphatic carbocycles. The van der Waals surface area contributed by atoms with Crippen LogP contribution in [-0.2, 0) is 5.60 Å². The van der Waals surface area contributed by atoms with Crippen molar-refractivity contribution >= 4 is 0 Å². The van der Waals surface area contributed by atoms with E-state index in [-0.39, 0.29) is 11.5 Å². The third-order valence-electron chi connectivity index (χ3n) is 4.85. The molecule has 0 bridgehead atoms. The van der Waals surface area contributed by atoms with Crippen molar-refractivity contribution in [3.05, 3.63) is 71.3 Å². The number of hydrogen-bond acceptors (Lipinski definition) is 2. The second-order valence-electron chi connectivity index (χ2n) is 7.55. The van der Waals surface area contributed by atoms with E-state index in [0.717, 1.165) is 11.1 Å². The van der Waals surface area contributed by atoms with Gasteiger partial charge in [0.1, 0.15) is 5.60 Å². The number of rotatable bonds is 4. The van der Waals surface area contributed by atoms with Crippen LogP contribution in [0.5, 0.6) is 0 Å². The first-order valence-electron chi connectivity index (χ1n) is 8.23. The van der Waals surface area contributed by atoms with Crippen LogP contribution in [0.15, 0.2) is 54.6 Å². The molecule has 0 heterocycles. The molecule has 1 N–H and O–H groups in total. The van der Waals surface area contributed by atoms with Crippen molar-refractivity contribution in [3.63, 3.8) is 0 Å². The van der Waals surface area contributed by atoms with Gasteiger partial charge in [0.2, 0.25) is 0 Å². The molecule has 2 aromatic carbocycles. The minimum atomic E-state index is -1.05. The van der Waals surface area contributed by atoms with Crippen LogP contribution in [0.1, 0.15) is 50.4 Å². The van der Waals surface area contributed by atoms with E-state index < -0.39 is 5.60 Å². The first-order chi connectivity index (χ1) is 10.7. The quantitative estimate of drug-likeness (QED) is 0.892. The Morgan fingerprint density at radius 1 is 0.870 bits per heavy atom. The molecule has 2 aromatic rings. The molecule has 0 aliphatic rings. The fourth-order valence-corrected chi connectivity index (χ4v) is 3.14. The Hall–Kier alpha value is -1.64. The number of aliphatic hydroxyl groups is 1. The van der Waals surface area contributed by atoms with Crippen molar-refractivity contribution in [3.8, 4) is 0 Å².